The molecule has 0 radical (unpaired) electrons. The van der Waals surface area contributed by atoms with Gasteiger partial charge in [-0.25, -0.2) is 4.98 Å². The Balaban J connectivity index is 1.39. The number of aromatic nitrogens is 2. The van der Waals surface area contributed by atoms with Crippen LogP contribution in [-0.4, -0.2) is 39.5 Å². The SMILES string of the molecule is O[C@@H]1[C@@H](NCCCCn2ccnc2)CCC[C@H]1Oc1ccccc1. The first kappa shape index (κ1) is 17.0. The minimum absolute atomic E-state index is 0.121. The fourth-order valence-electron chi connectivity index (χ4n) is 3.29. The first-order valence-corrected chi connectivity index (χ1v) is 8.92. The minimum atomic E-state index is -0.451. The van der Waals surface area contributed by atoms with Gasteiger partial charge in [-0.1, -0.05) is 18.2 Å². The summed E-state index contributed by atoms with van der Waals surface area (Å²) < 4.78 is 8.07. The molecule has 0 unspecified atom stereocenters. The standard InChI is InChI=1S/C19H27N3O2/c23-19-17(21-11-4-5-13-22-14-12-20-15-22)9-6-10-18(19)24-16-7-2-1-3-8-16/h1-3,7-8,12,14-15,17-19,21,23H,4-6,9-11,13H2/t17-,18+,19+/m0/s1. The second-order valence-corrected chi connectivity index (χ2v) is 6.46. The highest BCUT2D eigenvalue weighted by Crippen LogP contribution is 2.24. The van der Waals surface area contributed by atoms with Gasteiger partial charge in [0, 0.05) is 25.0 Å². The van der Waals surface area contributed by atoms with Crippen LogP contribution in [0.5, 0.6) is 5.75 Å². The number of aryl methyl sites for hydroxylation is 1. The van der Waals surface area contributed by atoms with Crippen molar-refractivity contribution < 1.29 is 9.84 Å². The second-order valence-electron chi connectivity index (χ2n) is 6.46. The molecule has 1 aromatic heterocycles. The molecule has 5 nitrogen and oxygen atoms in total. The number of hydrogen-bond acceptors (Lipinski definition) is 4. The highest BCUT2D eigenvalue weighted by molar-refractivity contribution is 5.21. The summed E-state index contributed by atoms with van der Waals surface area (Å²) in [6, 6.07) is 9.90. The van der Waals surface area contributed by atoms with Gasteiger partial charge in [-0.2, -0.15) is 0 Å². The monoisotopic (exact) mass is 329 g/mol. The van der Waals surface area contributed by atoms with Crippen LogP contribution in [0.3, 0.4) is 0 Å². The van der Waals surface area contributed by atoms with Gasteiger partial charge >= 0.3 is 0 Å². The van der Waals surface area contributed by atoms with Gasteiger partial charge in [0.15, 0.2) is 0 Å². The Hall–Kier alpha value is -1.85. The topological polar surface area (TPSA) is 59.3 Å². The van der Waals surface area contributed by atoms with Crippen molar-refractivity contribution in [2.75, 3.05) is 6.54 Å². The number of imidazole rings is 1. The summed E-state index contributed by atoms with van der Waals surface area (Å²) in [5.41, 5.74) is 0. The number of aliphatic hydroxyl groups excluding tert-OH is 1. The van der Waals surface area contributed by atoms with E-state index in [0.717, 1.165) is 50.9 Å². The summed E-state index contributed by atoms with van der Waals surface area (Å²) in [4.78, 5) is 4.05. The smallest absolute Gasteiger partial charge is 0.126 e. The van der Waals surface area contributed by atoms with E-state index >= 15 is 0 Å². The van der Waals surface area contributed by atoms with E-state index in [4.69, 9.17) is 4.74 Å². The molecule has 0 amide bonds. The molecule has 24 heavy (non-hydrogen) atoms. The predicted molar refractivity (Wildman–Crippen MR) is 94.0 cm³/mol. The first-order chi connectivity index (χ1) is 11.8. The highest BCUT2D eigenvalue weighted by Gasteiger charge is 2.32. The molecule has 5 heteroatoms. The largest absolute Gasteiger partial charge is 0.488 e. The summed E-state index contributed by atoms with van der Waals surface area (Å²) in [6.07, 6.45) is 10.3. The van der Waals surface area contributed by atoms with Gasteiger partial charge in [-0.3, -0.25) is 0 Å². The zero-order valence-corrected chi connectivity index (χ0v) is 14.1. The summed E-state index contributed by atoms with van der Waals surface area (Å²) in [7, 11) is 0. The Morgan fingerprint density at radius 3 is 2.88 bits per heavy atom. The van der Waals surface area contributed by atoms with E-state index in [1.807, 2.05) is 49.1 Å². The van der Waals surface area contributed by atoms with Gasteiger partial charge in [0.1, 0.15) is 18.0 Å². The Bertz CT molecular complexity index is 574. The van der Waals surface area contributed by atoms with Crippen molar-refractivity contribution in [3.05, 3.63) is 49.1 Å². The van der Waals surface area contributed by atoms with Crippen molar-refractivity contribution in [2.45, 2.75) is 56.9 Å². The molecule has 130 valence electrons. The molecule has 1 aliphatic rings. The molecule has 1 saturated carbocycles. The van der Waals surface area contributed by atoms with E-state index in [2.05, 4.69) is 14.9 Å². The highest BCUT2D eigenvalue weighted by atomic mass is 16.5. The maximum absolute atomic E-state index is 10.6. The number of unbranched alkanes of at least 4 members (excludes halogenated alkanes) is 1. The number of rotatable bonds is 8. The summed E-state index contributed by atoms with van der Waals surface area (Å²) in [5, 5.41) is 14.1. The molecule has 0 saturated heterocycles. The average Bonchev–Trinajstić information content (AvgIpc) is 3.12. The maximum atomic E-state index is 10.6. The predicted octanol–water partition coefficient (Wildman–Crippen LogP) is 2.61. The quantitative estimate of drug-likeness (QED) is 0.731. The molecular formula is C19H27N3O2. The molecule has 0 bridgehead atoms. The van der Waals surface area contributed by atoms with Crippen molar-refractivity contribution in [3.63, 3.8) is 0 Å². The molecule has 3 atom stereocenters. The second kappa shape index (κ2) is 8.85. The lowest BCUT2D eigenvalue weighted by molar-refractivity contribution is -0.0153. The van der Waals surface area contributed by atoms with Crippen molar-refractivity contribution in [1.29, 1.82) is 0 Å². The van der Waals surface area contributed by atoms with Gasteiger partial charge in [-0.15, -0.1) is 0 Å². The Labute approximate surface area is 143 Å². The first-order valence-electron chi connectivity index (χ1n) is 8.92. The number of hydrogen-bond donors (Lipinski definition) is 2. The number of para-hydroxylation sites is 1. The lowest BCUT2D eigenvalue weighted by Gasteiger charge is -2.35. The normalized spacial score (nSPS) is 24.0. The third kappa shape index (κ3) is 4.82. The number of benzene rings is 1. The molecular weight excluding hydrogens is 302 g/mol. The van der Waals surface area contributed by atoms with Crippen molar-refractivity contribution in [3.8, 4) is 5.75 Å². The third-order valence-electron chi connectivity index (χ3n) is 4.64. The zero-order chi connectivity index (χ0) is 16.6. The Morgan fingerprint density at radius 2 is 2.08 bits per heavy atom. The van der Waals surface area contributed by atoms with Gasteiger partial charge in [0.2, 0.25) is 0 Å². The van der Waals surface area contributed by atoms with Crippen molar-refractivity contribution >= 4 is 0 Å². The Kier molecular flexibility index (Phi) is 6.26. The molecule has 1 aliphatic carbocycles. The maximum Gasteiger partial charge on any atom is 0.126 e. The van der Waals surface area contributed by atoms with E-state index in [9.17, 15) is 5.11 Å². The van der Waals surface area contributed by atoms with Crippen LogP contribution >= 0.6 is 0 Å². The van der Waals surface area contributed by atoms with Crippen LogP contribution in [0.2, 0.25) is 0 Å². The molecule has 2 N–H and O–H groups in total. The van der Waals surface area contributed by atoms with Crippen LogP contribution in [0, 0.1) is 0 Å². The molecule has 1 fully saturated rings. The van der Waals surface area contributed by atoms with Gasteiger partial charge in [0.25, 0.3) is 0 Å². The number of nitrogens with zero attached hydrogens (tertiary/aromatic N) is 2. The molecule has 0 aliphatic heterocycles. The molecule has 0 spiro atoms. The van der Waals surface area contributed by atoms with Crippen LogP contribution < -0.4 is 10.1 Å². The van der Waals surface area contributed by atoms with Crippen LogP contribution in [-0.2, 0) is 6.54 Å². The average molecular weight is 329 g/mol. The lowest BCUT2D eigenvalue weighted by atomic mass is 9.89. The fraction of sp³-hybridized carbons (Fsp3) is 0.526. The lowest BCUT2D eigenvalue weighted by Crippen LogP contribution is -2.51. The third-order valence-corrected chi connectivity index (χ3v) is 4.64. The van der Waals surface area contributed by atoms with E-state index < -0.39 is 6.10 Å². The van der Waals surface area contributed by atoms with Crippen molar-refractivity contribution in [1.82, 2.24) is 14.9 Å². The van der Waals surface area contributed by atoms with Gasteiger partial charge in [-0.05, 0) is 50.8 Å². The summed E-state index contributed by atoms with van der Waals surface area (Å²) in [5.74, 6) is 0.836. The van der Waals surface area contributed by atoms with E-state index in [1.54, 1.807) is 0 Å². The summed E-state index contributed by atoms with van der Waals surface area (Å²) >= 11 is 0. The minimum Gasteiger partial charge on any atom is -0.488 e. The fourth-order valence-corrected chi connectivity index (χ4v) is 3.29. The van der Waals surface area contributed by atoms with E-state index in [0.29, 0.717) is 0 Å². The van der Waals surface area contributed by atoms with Crippen LogP contribution in [0.25, 0.3) is 0 Å². The Morgan fingerprint density at radius 1 is 1.21 bits per heavy atom. The van der Waals surface area contributed by atoms with Crippen LogP contribution in [0.15, 0.2) is 49.1 Å². The van der Waals surface area contributed by atoms with Crippen LogP contribution in [0.1, 0.15) is 32.1 Å². The van der Waals surface area contributed by atoms with E-state index in [1.165, 1.54) is 0 Å². The van der Waals surface area contributed by atoms with Gasteiger partial charge < -0.3 is 19.7 Å². The van der Waals surface area contributed by atoms with Crippen molar-refractivity contribution in [2.24, 2.45) is 0 Å². The van der Waals surface area contributed by atoms with E-state index in [-0.39, 0.29) is 12.1 Å². The number of nitrogens with one attached hydrogen (secondary N) is 1. The number of ether oxygens (including phenoxy) is 1. The van der Waals surface area contributed by atoms with Crippen LogP contribution in [0.4, 0.5) is 0 Å². The molecule has 3 rings (SSSR count). The van der Waals surface area contributed by atoms with Gasteiger partial charge in [0.05, 0.1) is 6.33 Å². The summed E-state index contributed by atoms with van der Waals surface area (Å²) in [6.45, 7) is 1.92. The number of aliphatic hydroxyl groups is 1. The zero-order valence-electron chi connectivity index (χ0n) is 14.1. The molecule has 1 heterocycles. The molecule has 1 aromatic carbocycles. The molecule has 2 aromatic rings.